The molecule has 2 N–H and O–H groups in total. The van der Waals surface area contributed by atoms with E-state index in [1.165, 1.54) is 12.8 Å². The van der Waals surface area contributed by atoms with Crippen molar-refractivity contribution in [3.8, 4) is 5.75 Å². The minimum absolute atomic E-state index is 0.114. The summed E-state index contributed by atoms with van der Waals surface area (Å²) in [6, 6.07) is 3.82. The molecule has 1 aliphatic rings. The van der Waals surface area contributed by atoms with Crippen molar-refractivity contribution in [2.45, 2.75) is 25.4 Å². The predicted molar refractivity (Wildman–Crippen MR) is 86.3 cm³/mol. The van der Waals surface area contributed by atoms with E-state index in [0.29, 0.717) is 29.2 Å². The number of nitrogens with one attached hydrogen (secondary N) is 1. The molecule has 1 saturated heterocycles. The SMILES string of the molecule is COCCN(Cc1cc(Cl)cc(Cl)c1O)CC1CCCN1. The molecule has 0 radical (unpaired) electrons. The molecule has 0 aliphatic carbocycles. The van der Waals surface area contributed by atoms with Crippen LogP contribution in [0.2, 0.25) is 10.0 Å². The van der Waals surface area contributed by atoms with Gasteiger partial charge in [-0.1, -0.05) is 23.2 Å². The number of phenolic OH excluding ortho intramolecular Hbond substituents is 1. The second kappa shape index (κ2) is 8.20. The van der Waals surface area contributed by atoms with E-state index in [1.54, 1.807) is 19.2 Å². The number of hydrogen-bond donors (Lipinski definition) is 2. The lowest BCUT2D eigenvalue weighted by Crippen LogP contribution is -2.38. The number of nitrogens with zero attached hydrogens (tertiary/aromatic N) is 1. The zero-order valence-corrected chi connectivity index (χ0v) is 13.8. The normalized spacial score (nSPS) is 18.6. The Balaban J connectivity index is 2.06. The van der Waals surface area contributed by atoms with Crippen molar-refractivity contribution in [2.24, 2.45) is 0 Å². The molecule has 21 heavy (non-hydrogen) atoms. The van der Waals surface area contributed by atoms with Gasteiger partial charge in [0.1, 0.15) is 5.75 Å². The van der Waals surface area contributed by atoms with Crippen molar-refractivity contribution in [3.63, 3.8) is 0 Å². The molecule has 0 amide bonds. The average Bonchev–Trinajstić information content (AvgIpc) is 2.94. The third-order valence-corrected chi connectivity index (χ3v) is 4.26. The Bertz CT molecular complexity index is 465. The van der Waals surface area contributed by atoms with E-state index in [9.17, 15) is 5.11 Å². The third kappa shape index (κ3) is 5.01. The number of hydrogen-bond acceptors (Lipinski definition) is 4. The van der Waals surface area contributed by atoms with E-state index in [0.717, 1.165) is 25.2 Å². The summed E-state index contributed by atoms with van der Waals surface area (Å²) in [7, 11) is 1.69. The standard InChI is InChI=1S/C15H22Cl2N2O2/c1-21-6-5-19(10-13-3-2-4-18-13)9-11-7-12(16)8-14(17)15(11)20/h7-8,13,18,20H,2-6,9-10H2,1H3. The number of methoxy groups -OCH3 is 1. The van der Waals surface area contributed by atoms with Crippen LogP contribution in [0.15, 0.2) is 12.1 Å². The Kier molecular flexibility index (Phi) is 6.58. The molecular weight excluding hydrogens is 311 g/mol. The van der Waals surface area contributed by atoms with Gasteiger partial charge in [-0.25, -0.2) is 0 Å². The Morgan fingerprint density at radius 1 is 1.43 bits per heavy atom. The number of ether oxygens (including phenoxy) is 1. The first-order valence-electron chi connectivity index (χ1n) is 7.21. The fourth-order valence-corrected chi connectivity index (χ4v) is 3.20. The van der Waals surface area contributed by atoms with Gasteiger partial charge in [0.15, 0.2) is 0 Å². The summed E-state index contributed by atoms with van der Waals surface area (Å²) in [4.78, 5) is 2.26. The lowest BCUT2D eigenvalue weighted by atomic mass is 10.1. The molecule has 0 aromatic heterocycles. The smallest absolute Gasteiger partial charge is 0.138 e. The first-order chi connectivity index (χ1) is 10.1. The summed E-state index contributed by atoms with van der Waals surface area (Å²) < 4.78 is 5.18. The van der Waals surface area contributed by atoms with Gasteiger partial charge in [0.25, 0.3) is 0 Å². The van der Waals surface area contributed by atoms with Crippen LogP contribution in [-0.4, -0.2) is 49.4 Å². The molecule has 1 heterocycles. The summed E-state index contributed by atoms with van der Waals surface area (Å²) in [6.07, 6.45) is 2.41. The van der Waals surface area contributed by atoms with Gasteiger partial charge in [0, 0.05) is 43.4 Å². The van der Waals surface area contributed by atoms with Crippen molar-refractivity contribution < 1.29 is 9.84 Å². The maximum Gasteiger partial charge on any atom is 0.138 e. The maximum atomic E-state index is 10.1. The van der Waals surface area contributed by atoms with Gasteiger partial charge in [-0.05, 0) is 31.5 Å². The fraction of sp³-hybridized carbons (Fsp3) is 0.600. The number of benzene rings is 1. The van der Waals surface area contributed by atoms with Crippen molar-refractivity contribution >= 4 is 23.2 Å². The molecule has 1 aromatic rings. The first kappa shape index (κ1) is 16.8. The molecule has 0 saturated carbocycles. The molecule has 1 fully saturated rings. The zero-order valence-electron chi connectivity index (χ0n) is 12.2. The number of aromatic hydroxyl groups is 1. The molecule has 1 aromatic carbocycles. The summed E-state index contributed by atoms with van der Waals surface area (Å²) in [5.74, 6) is 0.114. The number of rotatable bonds is 7. The maximum absolute atomic E-state index is 10.1. The Morgan fingerprint density at radius 3 is 2.90 bits per heavy atom. The van der Waals surface area contributed by atoms with Crippen LogP contribution in [0.3, 0.4) is 0 Å². The predicted octanol–water partition coefficient (Wildman–Crippen LogP) is 2.90. The molecule has 1 atom stereocenters. The van der Waals surface area contributed by atoms with E-state index < -0.39 is 0 Å². The summed E-state index contributed by atoms with van der Waals surface area (Å²) in [5.41, 5.74) is 0.751. The molecule has 6 heteroatoms. The second-order valence-corrected chi connectivity index (χ2v) is 6.26. The minimum Gasteiger partial charge on any atom is -0.506 e. The van der Waals surface area contributed by atoms with Crippen LogP contribution < -0.4 is 5.32 Å². The Hall–Kier alpha value is -0.520. The van der Waals surface area contributed by atoms with Crippen molar-refractivity contribution in [3.05, 3.63) is 27.7 Å². The quantitative estimate of drug-likeness (QED) is 0.805. The largest absolute Gasteiger partial charge is 0.506 e. The summed E-state index contributed by atoms with van der Waals surface area (Å²) in [5, 5.41) is 14.4. The van der Waals surface area contributed by atoms with Crippen LogP contribution >= 0.6 is 23.2 Å². The molecule has 1 unspecified atom stereocenters. The minimum atomic E-state index is 0.114. The lowest BCUT2D eigenvalue weighted by Gasteiger charge is -2.26. The molecular formula is C15H22Cl2N2O2. The number of halogens is 2. The monoisotopic (exact) mass is 332 g/mol. The van der Waals surface area contributed by atoms with Gasteiger partial charge < -0.3 is 15.2 Å². The van der Waals surface area contributed by atoms with Crippen LogP contribution in [-0.2, 0) is 11.3 Å². The second-order valence-electron chi connectivity index (χ2n) is 5.42. The van der Waals surface area contributed by atoms with E-state index in [1.807, 2.05) is 0 Å². The molecule has 1 aliphatic heterocycles. The third-order valence-electron chi connectivity index (χ3n) is 3.75. The highest BCUT2D eigenvalue weighted by Crippen LogP contribution is 2.32. The van der Waals surface area contributed by atoms with Crippen LogP contribution in [0.25, 0.3) is 0 Å². The highest BCUT2D eigenvalue weighted by atomic mass is 35.5. The topological polar surface area (TPSA) is 44.7 Å². The van der Waals surface area contributed by atoms with Crippen LogP contribution in [0.5, 0.6) is 5.75 Å². The molecule has 4 nitrogen and oxygen atoms in total. The number of phenols is 1. The molecule has 0 spiro atoms. The van der Waals surface area contributed by atoms with E-state index in [-0.39, 0.29) is 5.75 Å². The van der Waals surface area contributed by atoms with Crippen LogP contribution in [0.1, 0.15) is 18.4 Å². The Labute approximate surface area is 136 Å². The first-order valence-corrected chi connectivity index (χ1v) is 7.97. The van der Waals surface area contributed by atoms with Gasteiger partial charge in [0.05, 0.1) is 11.6 Å². The van der Waals surface area contributed by atoms with E-state index in [4.69, 9.17) is 27.9 Å². The molecule has 118 valence electrons. The van der Waals surface area contributed by atoms with Gasteiger partial charge in [-0.15, -0.1) is 0 Å². The van der Waals surface area contributed by atoms with Crippen molar-refractivity contribution in [1.82, 2.24) is 10.2 Å². The van der Waals surface area contributed by atoms with Crippen molar-refractivity contribution in [2.75, 3.05) is 33.4 Å². The molecule has 2 rings (SSSR count). The van der Waals surface area contributed by atoms with Gasteiger partial charge in [-0.2, -0.15) is 0 Å². The van der Waals surface area contributed by atoms with Gasteiger partial charge in [0.2, 0.25) is 0 Å². The van der Waals surface area contributed by atoms with Crippen LogP contribution in [0.4, 0.5) is 0 Å². The highest BCUT2D eigenvalue weighted by Gasteiger charge is 2.19. The van der Waals surface area contributed by atoms with Crippen LogP contribution in [0, 0.1) is 0 Å². The van der Waals surface area contributed by atoms with E-state index >= 15 is 0 Å². The Morgan fingerprint density at radius 2 is 2.24 bits per heavy atom. The lowest BCUT2D eigenvalue weighted by molar-refractivity contribution is 0.137. The zero-order chi connectivity index (χ0) is 15.2. The van der Waals surface area contributed by atoms with Gasteiger partial charge >= 0.3 is 0 Å². The molecule has 0 bridgehead atoms. The van der Waals surface area contributed by atoms with Crippen molar-refractivity contribution in [1.29, 1.82) is 0 Å². The summed E-state index contributed by atoms with van der Waals surface area (Å²) in [6.45, 7) is 4.07. The average molecular weight is 333 g/mol. The van der Waals surface area contributed by atoms with Gasteiger partial charge in [-0.3, -0.25) is 4.90 Å². The highest BCUT2D eigenvalue weighted by molar-refractivity contribution is 6.35. The van der Waals surface area contributed by atoms with E-state index in [2.05, 4.69) is 10.2 Å². The fourth-order valence-electron chi connectivity index (χ4n) is 2.66. The summed E-state index contributed by atoms with van der Waals surface area (Å²) >= 11 is 12.0.